The first-order valence-electron chi connectivity index (χ1n) is 5.07. The molecule has 0 spiro atoms. The second-order valence-electron chi connectivity index (χ2n) is 3.48. The fraction of sp³-hybridized carbons (Fsp3) is 0.167. The number of nitriles is 1. The highest BCUT2D eigenvalue weighted by atomic mass is 16.6. The summed E-state index contributed by atoms with van der Waals surface area (Å²) in [4.78, 5) is 20.8. The van der Waals surface area contributed by atoms with E-state index in [0.29, 0.717) is 5.56 Å². The largest absolute Gasteiger partial charge is 0.481 e. The van der Waals surface area contributed by atoms with E-state index >= 15 is 0 Å². The molecule has 0 saturated heterocycles. The second-order valence-corrected chi connectivity index (χ2v) is 3.48. The number of allylic oxidation sites excluding steroid dienone is 1. The molecular weight excluding hydrogens is 236 g/mol. The van der Waals surface area contributed by atoms with Crippen LogP contribution < -0.4 is 0 Å². The molecule has 1 aromatic carbocycles. The van der Waals surface area contributed by atoms with E-state index in [1.807, 2.05) is 6.07 Å². The zero-order chi connectivity index (χ0) is 13.5. The summed E-state index contributed by atoms with van der Waals surface area (Å²) in [5, 5.41) is 27.8. The van der Waals surface area contributed by atoms with Crippen molar-refractivity contribution in [2.75, 3.05) is 0 Å². The zero-order valence-electron chi connectivity index (χ0n) is 9.37. The maximum atomic E-state index is 10.8. The molecule has 0 aliphatic rings. The maximum absolute atomic E-state index is 10.8. The van der Waals surface area contributed by atoms with Crippen LogP contribution in [0.2, 0.25) is 0 Å². The Balaban J connectivity index is 3.07. The molecule has 0 heterocycles. The van der Waals surface area contributed by atoms with Gasteiger partial charge in [-0.1, -0.05) is 24.3 Å². The number of carbonyl (C=O) groups is 1. The van der Waals surface area contributed by atoms with Crippen LogP contribution in [0.3, 0.4) is 0 Å². The lowest BCUT2D eigenvalue weighted by Crippen LogP contribution is -2.03. The lowest BCUT2D eigenvalue weighted by atomic mass is 10.1. The number of rotatable bonds is 5. The van der Waals surface area contributed by atoms with Crippen LogP contribution in [0.5, 0.6) is 0 Å². The van der Waals surface area contributed by atoms with Gasteiger partial charge in [0.05, 0.1) is 23.8 Å². The first kappa shape index (κ1) is 13.4. The van der Waals surface area contributed by atoms with Gasteiger partial charge in [0, 0.05) is 11.6 Å². The Morgan fingerprint density at radius 3 is 2.83 bits per heavy atom. The van der Waals surface area contributed by atoms with Crippen molar-refractivity contribution >= 4 is 17.7 Å². The summed E-state index contributed by atoms with van der Waals surface area (Å²) < 4.78 is 0. The van der Waals surface area contributed by atoms with E-state index in [-0.39, 0.29) is 17.7 Å². The number of benzene rings is 1. The van der Waals surface area contributed by atoms with Crippen LogP contribution in [-0.2, 0) is 11.2 Å². The lowest BCUT2D eigenvalue weighted by Gasteiger charge is -2.01. The van der Waals surface area contributed by atoms with Crippen molar-refractivity contribution in [1.29, 1.82) is 5.26 Å². The van der Waals surface area contributed by atoms with Gasteiger partial charge >= 0.3 is 5.97 Å². The summed E-state index contributed by atoms with van der Waals surface area (Å²) in [6.07, 6.45) is 2.99. The number of carboxylic acids is 1. The smallest absolute Gasteiger partial charge is 0.308 e. The normalized spacial score (nSPS) is 10.2. The second kappa shape index (κ2) is 6.15. The topological polar surface area (TPSA) is 104 Å². The monoisotopic (exact) mass is 246 g/mol. The van der Waals surface area contributed by atoms with Crippen molar-refractivity contribution in [2.45, 2.75) is 12.8 Å². The minimum absolute atomic E-state index is 0.157. The quantitative estimate of drug-likeness (QED) is 0.633. The first-order chi connectivity index (χ1) is 8.54. The number of hydrogen-bond acceptors (Lipinski definition) is 4. The van der Waals surface area contributed by atoms with E-state index in [4.69, 9.17) is 10.4 Å². The molecule has 1 aromatic rings. The summed E-state index contributed by atoms with van der Waals surface area (Å²) in [7, 11) is 0. The fourth-order valence-corrected chi connectivity index (χ4v) is 1.41. The Labute approximate surface area is 103 Å². The molecule has 92 valence electrons. The molecular formula is C12H10N2O4. The van der Waals surface area contributed by atoms with Gasteiger partial charge in [-0.2, -0.15) is 5.26 Å². The Morgan fingerprint density at radius 2 is 2.28 bits per heavy atom. The maximum Gasteiger partial charge on any atom is 0.308 e. The van der Waals surface area contributed by atoms with Gasteiger partial charge in [-0.3, -0.25) is 14.9 Å². The highest BCUT2D eigenvalue weighted by Gasteiger charge is 2.16. The molecule has 0 fully saturated rings. The summed E-state index contributed by atoms with van der Waals surface area (Å²) in [5.41, 5.74) is 0.493. The van der Waals surface area contributed by atoms with Crippen LogP contribution in [0.15, 0.2) is 24.3 Å². The molecule has 0 amide bonds. The molecule has 0 unspecified atom stereocenters. The zero-order valence-corrected chi connectivity index (χ0v) is 9.37. The average Bonchev–Trinajstić information content (AvgIpc) is 2.30. The van der Waals surface area contributed by atoms with Gasteiger partial charge in [0.1, 0.15) is 0 Å². The van der Waals surface area contributed by atoms with E-state index in [0.717, 1.165) is 0 Å². The van der Waals surface area contributed by atoms with Crippen molar-refractivity contribution in [3.8, 4) is 6.07 Å². The van der Waals surface area contributed by atoms with Crippen LogP contribution in [0.4, 0.5) is 5.69 Å². The van der Waals surface area contributed by atoms with Gasteiger partial charge in [-0.15, -0.1) is 0 Å². The number of hydrogen-bond donors (Lipinski definition) is 1. The number of aliphatic carboxylic acids is 1. The van der Waals surface area contributed by atoms with Gasteiger partial charge in [-0.25, -0.2) is 0 Å². The molecule has 0 bridgehead atoms. The SMILES string of the molecule is N#CCC=Cc1ccc(CC(=O)O)c([N+](=O)[O-])c1. The summed E-state index contributed by atoms with van der Waals surface area (Å²) in [5.74, 6) is -1.12. The van der Waals surface area contributed by atoms with Crippen LogP contribution >= 0.6 is 0 Å². The van der Waals surface area contributed by atoms with Crippen LogP contribution in [-0.4, -0.2) is 16.0 Å². The third-order valence-electron chi connectivity index (χ3n) is 2.17. The number of nitrogens with zero attached hydrogens (tertiary/aromatic N) is 2. The molecule has 6 nitrogen and oxygen atoms in total. The Bertz CT molecular complexity index is 543. The molecule has 1 N–H and O–H groups in total. The van der Waals surface area contributed by atoms with Gasteiger partial charge in [0.2, 0.25) is 0 Å². The van der Waals surface area contributed by atoms with Crippen LogP contribution in [0.1, 0.15) is 17.5 Å². The van der Waals surface area contributed by atoms with Gasteiger partial charge in [-0.05, 0) is 5.56 Å². The molecule has 0 aliphatic carbocycles. The van der Waals surface area contributed by atoms with E-state index in [1.165, 1.54) is 12.1 Å². The van der Waals surface area contributed by atoms with E-state index in [1.54, 1.807) is 18.2 Å². The van der Waals surface area contributed by atoms with E-state index in [9.17, 15) is 14.9 Å². The molecule has 0 atom stereocenters. The summed E-state index contributed by atoms with van der Waals surface area (Å²) >= 11 is 0. The van der Waals surface area contributed by atoms with Crippen molar-refractivity contribution in [3.05, 3.63) is 45.5 Å². The predicted molar refractivity (Wildman–Crippen MR) is 63.7 cm³/mol. The van der Waals surface area contributed by atoms with Crippen molar-refractivity contribution < 1.29 is 14.8 Å². The molecule has 6 heteroatoms. The minimum atomic E-state index is -1.12. The Morgan fingerprint density at radius 1 is 1.56 bits per heavy atom. The molecule has 0 aliphatic heterocycles. The Kier molecular flexibility index (Phi) is 4.58. The highest BCUT2D eigenvalue weighted by molar-refractivity contribution is 5.72. The summed E-state index contributed by atoms with van der Waals surface area (Å²) in [6, 6.07) is 6.21. The van der Waals surface area contributed by atoms with E-state index < -0.39 is 17.3 Å². The Hall–Kier alpha value is -2.68. The van der Waals surface area contributed by atoms with E-state index in [2.05, 4.69) is 0 Å². The predicted octanol–water partition coefficient (Wildman–Crippen LogP) is 2.15. The third kappa shape index (κ3) is 3.72. The third-order valence-corrected chi connectivity index (χ3v) is 2.17. The molecule has 0 saturated carbocycles. The number of nitro benzene ring substituents is 1. The molecule has 18 heavy (non-hydrogen) atoms. The van der Waals surface area contributed by atoms with Gasteiger partial charge in [0.25, 0.3) is 5.69 Å². The average molecular weight is 246 g/mol. The highest BCUT2D eigenvalue weighted by Crippen LogP contribution is 2.21. The standard InChI is InChI=1S/C12H10N2O4/c13-6-2-1-3-9-4-5-10(8-12(15)16)11(7-9)14(17)18/h1,3-5,7H,2,8H2,(H,15,16). The van der Waals surface area contributed by atoms with Crippen molar-refractivity contribution in [1.82, 2.24) is 0 Å². The van der Waals surface area contributed by atoms with Gasteiger partial charge in [0.15, 0.2) is 0 Å². The van der Waals surface area contributed by atoms with Crippen molar-refractivity contribution in [2.24, 2.45) is 0 Å². The van der Waals surface area contributed by atoms with Crippen LogP contribution in [0.25, 0.3) is 6.08 Å². The minimum Gasteiger partial charge on any atom is -0.481 e. The fourth-order valence-electron chi connectivity index (χ4n) is 1.41. The molecule has 0 aromatic heterocycles. The van der Waals surface area contributed by atoms with Crippen molar-refractivity contribution in [3.63, 3.8) is 0 Å². The molecule has 1 rings (SSSR count). The lowest BCUT2D eigenvalue weighted by molar-refractivity contribution is -0.385. The number of nitro groups is 1. The molecule has 0 radical (unpaired) electrons. The summed E-state index contributed by atoms with van der Waals surface area (Å²) in [6.45, 7) is 0. The first-order valence-corrected chi connectivity index (χ1v) is 5.07. The van der Waals surface area contributed by atoms with Crippen LogP contribution in [0, 0.1) is 21.4 Å². The van der Waals surface area contributed by atoms with Gasteiger partial charge < -0.3 is 5.11 Å². The number of carboxylic acid groups (broad SMARTS) is 1.